The molecule has 2 aromatic heterocycles. The fourth-order valence-corrected chi connectivity index (χ4v) is 4.96. The molecule has 0 radical (unpaired) electrons. The summed E-state index contributed by atoms with van der Waals surface area (Å²) in [7, 11) is 0. The highest BCUT2D eigenvalue weighted by atomic mass is 32.1. The molecule has 8 heteroatoms. The van der Waals surface area contributed by atoms with Crippen LogP contribution in [0.4, 0.5) is 11.6 Å². The van der Waals surface area contributed by atoms with Gasteiger partial charge in [-0.3, -0.25) is 9.69 Å². The molecule has 7 nitrogen and oxygen atoms in total. The maximum Gasteiger partial charge on any atom is 0.251 e. The molecule has 0 unspecified atom stereocenters. The molecule has 2 aromatic carbocycles. The Morgan fingerprint density at radius 3 is 2.71 bits per heavy atom. The van der Waals surface area contributed by atoms with Crippen molar-refractivity contribution in [1.82, 2.24) is 20.2 Å². The van der Waals surface area contributed by atoms with Gasteiger partial charge in [0.15, 0.2) is 0 Å². The van der Waals surface area contributed by atoms with Crippen molar-refractivity contribution in [2.24, 2.45) is 0 Å². The number of rotatable bonds is 8. The number of fused-ring (bicyclic) bond motifs is 1. The van der Waals surface area contributed by atoms with Crippen molar-refractivity contribution in [3.8, 4) is 10.6 Å². The Labute approximate surface area is 202 Å². The summed E-state index contributed by atoms with van der Waals surface area (Å²) in [4.78, 5) is 25.0. The van der Waals surface area contributed by atoms with E-state index in [-0.39, 0.29) is 5.91 Å². The van der Waals surface area contributed by atoms with Crippen LogP contribution in [0, 0.1) is 0 Å². The van der Waals surface area contributed by atoms with E-state index in [0.29, 0.717) is 18.1 Å². The van der Waals surface area contributed by atoms with Gasteiger partial charge in [0.25, 0.3) is 5.91 Å². The minimum atomic E-state index is -0.0588. The van der Waals surface area contributed by atoms with Crippen molar-refractivity contribution in [3.05, 3.63) is 72.4 Å². The zero-order valence-electron chi connectivity index (χ0n) is 18.9. The minimum Gasteiger partial charge on any atom is -0.379 e. The van der Waals surface area contributed by atoms with Gasteiger partial charge in [-0.1, -0.05) is 18.2 Å². The highest BCUT2D eigenvalue weighted by Gasteiger charge is 2.11. The fraction of sp³-hybridized carbons (Fsp3) is 0.269. The Morgan fingerprint density at radius 1 is 1.06 bits per heavy atom. The normalized spacial score (nSPS) is 14.2. The molecule has 0 spiro atoms. The van der Waals surface area contributed by atoms with Gasteiger partial charge in [-0.2, -0.15) is 0 Å². The number of carbonyl (C=O) groups is 1. The van der Waals surface area contributed by atoms with Gasteiger partial charge in [-0.25, -0.2) is 9.97 Å². The lowest BCUT2D eigenvalue weighted by atomic mass is 10.2. The van der Waals surface area contributed by atoms with Gasteiger partial charge in [0, 0.05) is 41.8 Å². The average Bonchev–Trinajstić information content (AvgIpc) is 3.32. The molecule has 3 heterocycles. The number of benzene rings is 2. The van der Waals surface area contributed by atoms with E-state index in [2.05, 4.69) is 43.7 Å². The van der Waals surface area contributed by atoms with Gasteiger partial charge in [-0.15, -0.1) is 11.3 Å². The van der Waals surface area contributed by atoms with E-state index in [1.54, 1.807) is 17.5 Å². The largest absolute Gasteiger partial charge is 0.379 e. The lowest BCUT2D eigenvalue weighted by Crippen LogP contribution is -2.38. The smallest absolute Gasteiger partial charge is 0.251 e. The Balaban J connectivity index is 1.15. The van der Waals surface area contributed by atoms with Crippen LogP contribution in [0.15, 0.2) is 66.9 Å². The van der Waals surface area contributed by atoms with E-state index >= 15 is 0 Å². The van der Waals surface area contributed by atoms with Crippen LogP contribution in [-0.4, -0.2) is 60.2 Å². The Hall–Kier alpha value is -3.33. The number of thiophene rings is 1. The van der Waals surface area contributed by atoms with Crippen molar-refractivity contribution in [2.75, 3.05) is 44.7 Å². The van der Waals surface area contributed by atoms with Crippen molar-refractivity contribution in [2.45, 2.75) is 6.42 Å². The second kappa shape index (κ2) is 10.7. The summed E-state index contributed by atoms with van der Waals surface area (Å²) in [5.41, 5.74) is 2.35. The summed E-state index contributed by atoms with van der Waals surface area (Å²) < 4.78 is 6.60. The third kappa shape index (κ3) is 5.59. The lowest BCUT2D eigenvalue weighted by molar-refractivity contribution is 0.0374. The van der Waals surface area contributed by atoms with Crippen LogP contribution >= 0.6 is 11.3 Å². The van der Waals surface area contributed by atoms with Gasteiger partial charge in [0.05, 0.1) is 23.8 Å². The molecule has 5 rings (SSSR count). The van der Waals surface area contributed by atoms with E-state index in [0.717, 1.165) is 55.5 Å². The Bertz CT molecular complexity index is 1220. The summed E-state index contributed by atoms with van der Waals surface area (Å²) in [5, 5.41) is 7.45. The number of amides is 1. The fourth-order valence-electron chi connectivity index (χ4n) is 3.93. The van der Waals surface area contributed by atoms with E-state index < -0.39 is 0 Å². The summed E-state index contributed by atoms with van der Waals surface area (Å²) in [6, 6.07) is 19.8. The number of morpholine rings is 1. The predicted molar refractivity (Wildman–Crippen MR) is 137 cm³/mol. The van der Waals surface area contributed by atoms with E-state index in [4.69, 9.17) is 4.74 Å². The molecule has 4 aromatic rings. The van der Waals surface area contributed by atoms with Crippen LogP contribution in [0.2, 0.25) is 0 Å². The first-order chi connectivity index (χ1) is 16.7. The number of ether oxygens (including phenoxy) is 1. The van der Waals surface area contributed by atoms with Gasteiger partial charge >= 0.3 is 0 Å². The van der Waals surface area contributed by atoms with Crippen molar-refractivity contribution in [1.29, 1.82) is 0 Å². The number of nitrogens with zero attached hydrogens (tertiary/aromatic N) is 3. The van der Waals surface area contributed by atoms with Gasteiger partial charge in [0.2, 0.25) is 5.95 Å². The molecular formula is C26H27N5O2S. The van der Waals surface area contributed by atoms with E-state index in [1.165, 1.54) is 10.1 Å². The van der Waals surface area contributed by atoms with Crippen LogP contribution in [0.1, 0.15) is 16.8 Å². The number of hydrogen-bond acceptors (Lipinski definition) is 7. The van der Waals surface area contributed by atoms with E-state index in [1.807, 2.05) is 42.5 Å². The first kappa shape index (κ1) is 22.5. The molecule has 0 saturated carbocycles. The molecule has 1 fully saturated rings. The molecule has 0 atom stereocenters. The third-order valence-electron chi connectivity index (χ3n) is 5.78. The third-order valence-corrected chi connectivity index (χ3v) is 6.92. The van der Waals surface area contributed by atoms with Crippen molar-refractivity contribution in [3.63, 3.8) is 0 Å². The monoisotopic (exact) mass is 473 g/mol. The zero-order chi connectivity index (χ0) is 23.2. The average molecular weight is 474 g/mol. The maximum absolute atomic E-state index is 12.5. The first-order valence-corrected chi connectivity index (χ1v) is 12.3. The summed E-state index contributed by atoms with van der Waals surface area (Å²) in [5.74, 6) is 0.465. The van der Waals surface area contributed by atoms with Gasteiger partial charge < -0.3 is 15.4 Å². The summed E-state index contributed by atoms with van der Waals surface area (Å²) in [6.07, 6.45) is 2.69. The van der Waals surface area contributed by atoms with Crippen molar-refractivity contribution < 1.29 is 9.53 Å². The SMILES string of the molecule is O=C(NCCCN1CCOCC1)c1ccc(Nc2nccc(-c3cc4ccccc4s3)n2)cc1. The number of carbonyl (C=O) groups excluding carboxylic acids is 1. The standard InChI is InChI=1S/C26H27N5O2S/c32-25(27-11-3-13-31-14-16-33-17-15-31)19-6-8-21(9-7-19)29-26-28-12-10-22(30-26)24-18-20-4-1-2-5-23(20)34-24/h1-2,4-10,12,18H,3,11,13-17H2,(H,27,32)(H,28,29,30). The van der Waals surface area contributed by atoms with Crippen molar-refractivity contribution >= 4 is 39.0 Å². The van der Waals surface area contributed by atoms with Crippen LogP contribution in [0.5, 0.6) is 0 Å². The maximum atomic E-state index is 12.5. The zero-order valence-corrected chi connectivity index (χ0v) is 19.7. The molecule has 1 aliphatic heterocycles. The first-order valence-electron chi connectivity index (χ1n) is 11.5. The molecule has 0 bridgehead atoms. The van der Waals surface area contributed by atoms with Gasteiger partial charge in [0.1, 0.15) is 0 Å². The molecule has 34 heavy (non-hydrogen) atoms. The Morgan fingerprint density at radius 2 is 1.88 bits per heavy atom. The van der Waals surface area contributed by atoms with Gasteiger partial charge in [-0.05, 0) is 60.8 Å². The van der Waals surface area contributed by atoms with Crippen LogP contribution < -0.4 is 10.6 Å². The lowest BCUT2D eigenvalue weighted by Gasteiger charge is -2.26. The second-order valence-electron chi connectivity index (χ2n) is 8.18. The quantitative estimate of drug-likeness (QED) is 0.366. The summed E-state index contributed by atoms with van der Waals surface area (Å²) >= 11 is 1.72. The molecule has 0 aliphatic carbocycles. The number of hydrogen-bond donors (Lipinski definition) is 2. The van der Waals surface area contributed by atoms with Crippen LogP contribution in [0.25, 0.3) is 20.7 Å². The highest BCUT2D eigenvalue weighted by Crippen LogP contribution is 2.32. The molecule has 1 amide bonds. The number of aromatic nitrogens is 2. The Kier molecular flexibility index (Phi) is 7.09. The topological polar surface area (TPSA) is 79.4 Å². The predicted octanol–water partition coefficient (Wildman–Crippen LogP) is 4.55. The molecular weight excluding hydrogens is 446 g/mol. The number of anilines is 2. The van der Waals surface area contributed by atoms with Crippen LogP contribution in [-0.2, 0) is 4.74 Å². The molecule has 1 saturated heterocycles. The summed E-state index contributed by atoms with van der Waals surface area (Å²) in [6.45, 7) is 5.18. The molecule has 1 aliphatic rings. The number of nitrogens with one attached hydrogen (secondary N) is 2. The van der Waals surface area contributed by atoms with E-state index in [9.17, 15) is 4.79 Å². The highest BCUT2D eigenvalue weighted by molar-refractivity contribution is 7.22. The molecule has 2 N–H and O–H groups in total. The van der Waals surface area contributed by atoms with Crippen LogP contribution in [0.3, 0.4) is 0 Å². The second-order valence-corrected chi connectivity index (χ2v) is 9.26. The minimum absolute atomic E-state index is 0.0588. The molecule has 174 valence electrons.